The second-order valence-electron chi connectivity index (χ2n) is 6.22. The predicted molar refractivity (Wildman–Crippen MR) is 112 cm³/mol. The quantitative estimate of drug-likeness (QED) is 0.479. The Bertz CT molecular complexity index is 1040. The van der Waals surface area contributed by atoms with Crippen LogP contribution in [0.25, 0.3) is 6.08 Å². The summed E-state index contributed by atoms with van der Waals surface area (Å²) in [5.74, 6) is 0.778. The first-order chi connectivity index (χ1) is 13.0. The van der Waals surface area contributed by atoms with Gasteiger partial charge in [0.25, 0.3) is 5.91 Å². The fourth-order valence-electron chi connectivity index (χ4n) is 3.09. The SMILES string of the molecule is Cc1cc(/C=C2\SC(=S)N(c3cccnc3)C2=O)c(C)n1Cc1ccco1. The molecule has 4 rings (SSSR count). The summed E-state index contributed by atoms with van der Waals surface area (Å²) in [6.07, 6.45) is 6.90. The predicted octanol–water partition coefficient (Wildman–Crippen LogP) is 4.55. The molecule has 0 aromatic carbocycles. The minimum atomic E-state index is -0.117. The molecular weight excluding hydrogens is 378 g/mol. The standard InChI is InChI=1S/C20H17N3O2S2/c1-13-9-15(14(2)22(13)12-17-6-4-8-25-17)10-18-19(24)23(20(26)27-18)16-5-3-7-21-11-16/h3-11H,12H2,1-2H3/b18-10-. The smallest absolute Gasteiger partial charge is 0.270 e. The third-order valence-corrected chi connectivity index (χ3v) is 5.79. The lowest BCUT2D eigenvalue weighted by Gasteiger charge is -2.13. The van der Waals surface area contributed by atoms with Gasteiger partial charge in [0.1, 0.15) is 5.76 Å². The second-order valence-corrected chi connectivity index (χ2v) is 7.90. The highest BCUT2D eigenvalue weighted by Gasteiger charge is 2.33. The van der Waals surface area contributed by atoms with Crippen LogP contribution < -0.4 is 4.90 Å². The van der Waals surface area contributed by atoms with Gasteiger partial charge in [-0.05, 0) is 55.8 Å². The number of rotatable bonds is 4. The van der Waals surface area contributed by atoms with Crippen molar-refractivity contribution in [2.24, 2.45) is 0 Å². The van der Waals surface area contributed by atoms with E-state index in [1.807, 2.05) is 38.1 Å². The summed E-state index contributed by atoms with van der Waals surface area (Å²) in [5, 5.41) is 0. The molecular formula is C20H17N3O2S2. The Morgan fingerprint density at radius 1 is 1.30 bits per heavy atom. The molecule has 5 nitrogen and oxygen atoms in total. The van der Waals surface area contributed by atoms with Gasteiger partial charge in [0.05, 0.1) is 29.6 Å². The summed E-state index contributed by atoms with van der Waals surface area (Å²) in [7, 11) is 0. The lowest BCUT2D eigenvalue weighted by atomic mass is 10.2. The Kier molecular flexibility index (Phi) is 4.72. The molecule has 27 heavy (non-hydrogen) atoms. The Morgan fingerprint density at radius 3 is 2.85 bits per heavy atom. The van der Waals surface area contributed by atoms with E-state index in [4.69, 9.17) is 16.6 Å². The maximum absolute atomic E-state index is 12.9. The Morgan fingerprint density at radius 2 is 2.15 bits per heavy atom. The zero-order chi connectivity index (χ0) is 19.0. The van der Waals surface area contributed by atoms with Crippen molar-refractivity contribution in [3.8, 4) is 0 Å². The molecule has 1 saturated heterocycles. The number of thiocarbonyl (C=S) groups is 1. The van der Waals surface area contributed by atoms with E-state index in [0.717, 1.165) is 22.7 Å². The molecule has 136 valence electrons. The van der Waals surface area contributed by atoms with Crippen molar-refractivity contribution in [3.05, 3.63) is 76.6 Å². The summed E-state index contributed by atoms with van der Waals surface area (Å²) in [5.41, 5.74) is 3.88. The van der Waals surface area contributed by atoms with Crippen molar-refractivity contribution in [2.75, 3.05) is 4.90 Å². The average molecular weight is 396 g/mol. The third kappa shape index (κ3) is 3.36. The van der Waals surface area contributed by atoms with E-state index < -0.39 is 0 Å². The molecule has 0 saturated carbocycles. The van der Waals surface area contributed by atoms with Crippen molar-refractivity contribution in [3.63, 3.8) is 0 Å². The van der Waals surface area contributed by atoms with E-state index in [1.54, 1.807) is 24.7 Å². The van der Waals surface area contributed by atoms with Gasteiger partial charge < -0.3 is 8.98 Å². The van der Waals surface area contributed by atoms with E-state index in [2.05, 4.69) is 15.6 Å². The third-order valence-electron chi connectivity index (χ3n) is 4.49. The monoisotopic (exact) mass is 395 g/mol. The number of carbonyl (C=O) groups is 1. The summed E-state index contributed by atoms with van der Waals surface area (Å²) in [6, 6.07) is 9.54. The van der Waals surface area contributed by atoms with Crippen LogP contribution in [-0.4, -0.2) is 19.8 Å². The summed E-state index contributed by atoms with van der Waals surface area (Å²) in [6.45, 7) is 4.76. The number of hydrogen-bond acceptors (Lipinski definition) is 5. The number of nitrogens with zero attached hydrogens (tertiary/aromatic N) is 3. The van der Waals surface area contributed by atoms with Crippen molar-refractivity contribution < 1.29 is 9.21 Å². The van der Waals surface area contributed by atoms with E-state index in [-0.39, 0.29) is 5.91 Å². The highest BCUT2D eigenvalue weighted by molar-refractivity contribution is 8.27. The van der Waals surface area contributed by atoms with E-state index >= 15 is 0 Å². The average Bonchev–Trinajstić information content (AvgIpc) is 3.33. The van der Waals surface area contributed by atoms with Crippen LogP contribution in [0.4, 0.5) is 5.69 Å². The fraction of sp³-hybridized carbons (Fsp3) is 0.150. The van der Waals surface area contributed by atoms with Gasteiger partial charge in [-0.1, -0.05) is 24.0 Å². The highest BCUT2D eigenvalue weighted by Crippen LogP contribution is 2.36. The van der Waals surface area contributed by atoms with Crippen LogP contribution in [-0.2, 0) is 11.3 Å². The first kappa shape index (κ1) is 17.8. The molecule has 0 aliphatic carbocycles. The molecule has 1 fully saturated rings. The molecule has 0 N–H and O–H groups in total. The first-order valence-corrected chi connectivity index (χ1v) is 9.64. The Balaban J connectivity index is 1.64. The number of aryl methyl sites for hydroxylation is 1. The second kappa shape index (κ2) is 7.17. The molecule has 3 aromatic heterocycles. The molecule has 3 aromatic rings. The number of thioether (sulfide) groups is 1. The molecule has 7 heteroatoms. The molecule has 1 aliphatic rings. The van der Waals surface area contributed by atoms with Crippen molar-refractivity contribution in [1.82, 2.24) is 9.55 Å². The van der Waals surface area contributed by atoms with Gasteiger partial charge in [-0.3, -0.25) is 14.7 Å². The van der Waals surface area contributed by atoms with Crippen LogP contribution in [0.2, 0.25) is 0 Å². The highest BCUT2D eigenvalue weighted by atomic mass is 32.2. The van der Waals surface area contributed by atoms with Crippen LogP contribution in [0, 0.1) is 13.8 Å². The molecule has 4 heterocycles. The molecule has 0 bridgehead atoms. The number of aromatic nitrogens is 2. The van der Waals surface area contributed by atoms with E-state index in [9.17, 15) is 4.79 Å². The van der Waals surface area contributed by atoms with Gasteiger partial charge in [-0.15, -0.1) is 0 Å². The van der Waals surface area contributed by atoms with Gasteiger partial charge in [0.15, 0.2) is 4.32 Å². The topological polar surface area (TPSA) is 51.3 Å². The van der Waals surface area contributed by atoms with Gasteiger partial charge in [-0.2, -0.15) is 0 Å². The maximum atomic E-state index is 12.9. The number of amides is 1. The van der Waals surface area contributed by atoms with Crippen LogP contribution >= 0.6 is 24.0 Å². The maximum Gasteiger partial charge on any atom is 0.270 e. The van der Waals surface area contributed by atoms with Crippen molar-refractivity contribution in [1.29, 1.82) is 0 Å². The molecule has 1 aliphatic heterocycles. The zero-order valence-corrected chi connectivity index (χ0v) is 16.5. The number of carbonyl (C=O) groups excluding carboxylic acids is 1. The normalized spacial score (nSPS) is 15.9. The molecule has 0 radical (unpaired) electrons. The van der Waals surface area contributed by atoms with Crippen molar-refractivity contribution in [2.45, 2.75) is 20.4 Å². The molecule has 1 amide bonds. The van der Waals surface area contributed by atoms with Gasteiger partial charge in [0.2, 0.25) is 0 Å². The lowest BCUT2D eigenvalue weighted by molar-refractivity contribution is -0.113. The molecule has 0 atom stereocenters. The van der Waals surface area contributed by atoms with Crippen LogP contribution in [0.15, 0.2) is 58.3 Å². The number of furan rings is 1. The summed E-state index contributed by atoms with van der Waals surface area (Å²) < 4.78 is 8.15. The number of hydrogen-bond donors (Lipinski definition) is 0. The van der Waals surface area contributed by atoms with Gasteiger partial charge in [0, 0.05) is 17.6 Å². The van der Waals surface area contributed by atoms with E-state index in [0.29, 0.717) is 21.5 Å². The first-order valence-electron chi connectivity index (χ1n) is 8.41. The van der Waals surface area contributed by atoms with Crippen molar-refractivity contribution >= 4 is 46.0 Å². The van der Waals surface area contributed by atoms with Gasteiger partial charge >= 0.3 is 0 Å². The van der Waals surface area contributed by atoms with E-state index in [1.165, 1.54) is 16.7 Å². The number of pyridine rings is 1. The lowest BCUT2D eigenvalue weighted by Crippen LogP contribution is -2.27. The fourth-order valence-corrected chi connectivity index (χ4v) is 4.38. The minimum absolute atomic E-state index is 0.117. The van der Waals surface area contributed by atoms with Crippen LogP contribution in [0.1, 0.15) is 22.7 Å². The van der Waals surface area contributed by atoms with Crippen LogP contribution in [0.5, 0.6) is 0 Å². The Hall–Kier alpha value is -2.64. The van der Waals surface area contributed by atoms with Crippen LogP contribution in [0.3, 0.4) is 0 Å². The minimum Gasteiger partial charge on any atom is -0.467 e. The zero-order valence-electron chi connectivity index (χ0n) is 14.9. The largest absolute Gasteiger partial charge is 0.467 e. The Labute approximate surface area is 166 Å². The van der Waals surface area contributed by atoms with Gasteiger partial charge in [-0.25, -0.2) is 0 Å². The summed E-state index contributed by atoms with van der Waals surface area (Å²) >= 11 is 6.73. The number of anilines is 1. The molecule has 0 spiro atoms. The summed E-state index contributed by atoms with van der Waals surface area (Å²) in [4.78, 5) is 19.1. The molecule has 0 unspecified atom stereocenters.